The molecule has 0 aliphatic heterocycles. The third kappa shape index (κ3) is 15.9. The highest BCUT2D eigenvalue weighted by Crippen LogP contribution is 1.80. The maximum atomic E-state index is 4.07. The van der Waals surface area contributed by atoms with Gasteiger partial charge in [0.25, 0.3) is 0 Å². The molecule has 0 saturated heterocycles. The molecule has 0 bridgehead atoms. The second-order valence-electron chi connectivity index (χ2n) is 1.94. The van der Waals surface area contributed by atoms with E-state index in [1.54, 1.807) is 0 Å². The highest BCUT2D eigenvalue weighted by atomic mass is 32.1. The Morgan fingerprint density at radius 2 is 1.60 bits per heavy atom. The summed E-state index contributed by atoms with van der Waals surface area (Å²) in [5, 5.41) is 0. The normalized spacial score (nSPS) is 9.00. The Kier molecular flexibility index (Phi) is 16.4. The second kappa shape index (κ2) is 12.3. The van der Waals surface area contributed by atoms with E-state index in [1.807, 2.05) is 6.92 Å². The van der Waals surface area contributed by atoms with Crippen molar-refractivity contribution in [3.63, 3.8) is 0 Å². The van der Waals surface area contributed by atoms with Crippen molar-refractivity contribution in [1.82, 2.24) is 4.90 Å². The molecule has 0 saturated carbocycles. The lowest BCUT2D eigenvalue weighted by Gasteiger charge is -2.09. The van der Waals surface area contributed by atoms with Gasteiger partial charge in [0.2, 0.25) is 0 Å². The van der Waals surface area contributed by atoms with Crippen molar-refractivity contribution < 1.29 is 0 Å². The zero-order valence-corrected chi connectivity index (χ0v) is 8.96. The maximum absolute atomic E-state index is 4.07. The summed E-state index contributed by atoms with van der Waals surface area (Å²) in [6.07, 6.45) is 0. The highest BCUT2D eigenvalue weighted by molar-refractivity contribution is 7.80. The van der Waals surface area contributed by atoms with Crippen LogP contribution in [0.25, 0.3) is 0 Å². The first-order valence-electron chi connectivity index (χ1n) is 3.63. The molecule has 10 heavy (non-hydrogen) atoms. The molecule has 0 aliphatic rings. The van der Waals surface area contributed by atoms with Crippen LogP contribution in [-0.4, -0.2) is 36.5 Å². The van der Waals surface area contributed by atoms with Crippen LogP contribution in [0.15, 0.2) is 0 Å². The predicted octanol–water partition coefficient (Wildman–Crippen LogP) is 1.80. The minimum absolute atomic E-state index is 0.944. The molecule has 0 amide bonds. The molecule has 64 valence electrons. The quantitative estimate of drug-likeness (QED) is 0.628. The zero-order valence-electron chi connectivity index (χ0n) is 7.17. The van der Waals surface area contributed by atoms with E-state index in [-0.39, 0.29) is 0 Å². The Morgan fingerprint density at radius 1 is 1.20 bits per heavy atom. The lowest BCUT2D eigenvalue weighted by molar-refractivity contribution is 0.377. The van der Waals surface area contributed by atoms with Gasteiger partial charge >= 0.3 is 0 Å². The predicted molar refractivity (Wildman–Crippen MR) is 56.6 cm³/mol. The fraction of sp³-hybridized carbons (Fsp3) is 1.00. The van der Waals surface area contributed by atoms with Gasteiger partial charge in [0.05, 0.1) is 0 Å². The molecule has 0 aromatic carbocycles. The SMILES string of the molecule is CCN(C)CCS.CCS. The standard InChI is InChI=1S/C5H13NS.C2H6S/c1-3-6(2)4-5-7;1-2-3/h7H,3-5H2,1-2H3;3H,2H2,1H3. The molecule has 0 aliphatic carbocycles. The van der Waals surface area contributed by atoms with Crippen molar-refractivity contribution in [2.24, 2.45) is 0 Å². The first kappa shape index (κ1) is 13.3. The molecule has 0 fully saturated rings. The van der Waals surface area contributed by atoms with Gasteiger partial charge in [-0.15, -0.1) is 0 Å². The Morgan fingerprint density at radius 3 is 1.70 bits per heavy atom. The topological polar surface area (TPSA) is 3.24 Å². The summed E-state index contributed by atoms with van der Waals surface area (Å²) in [7, 11) is 2.09. The molecular formula is C7H19NS2. The van der Waals surface area contributed by atoms with Crippen molar-refractivity contribution in [2.45, 2.75) is 13.8 Å². The number of rotatable bonds is 3. The van der Waals surface area contributed by atoms with Crippen LogP contribution in [0.4, 0.5) is 0 Å². The highest BCUT2D eigenvalue weighted by Gasteiger charge is 1.86. The van der Waals surface area contributed by atoms with E-state index < -0.39 is 0 Å². The van der Waals surface area contributed by atoms with E-state index in [0.29, 0.717) is 0 Å². The number of hydrogen-bond acceptors (Lipinski definition) is 3. The van der Waals surface area contributed by atoms with Crippen molar-refractivity contribution >= 4 is 25.3 Å². The fourth-order valence-electron chi connectivity index (χ4n) is 0.329. The summed E-state index contributed by atoms with van der Waals surface area (Å²) in [4.78, 5) is 2.23. The van der Waals surface area contributed by atoms with Crippen molar-refractivity contribution in [2.75, 3.05) is 31.6 Å². The third-order valence-corrected chi connectivity index (χ3v) is 1.22. The van der Waals surface area contributed by atoms with Gasteiger partial charge < -0.3 is 4.90 Å². The van der Waals surface area contributed by atoms with Crippen LogP contribution in [-0.2, 0) is 0 Å². The summed E-state index contributed by atoms with van der Waals surface area (Å²) in [6, 6.07) is 0. The average Bonchev–Trinajstić information content (AvgIpc) is 1.90. The van der Waals surface area contributed by atoms with Crippen molar-refractivity contribution in [1.29, 1.82) is 0 Å². The van der Waals surface area contributed by atoms with Gasteiger partial charge in [-0.2, -0.15) is 25.3 Å². The average molecular weight is 181 g/mol. The van der Waals surface area contributed by atoms with Gasteiger partial charge in [0.15, 0.2) is 0 Å². The van der Waals surface area contributed by atoms with Gasteiger partial charge in [-0.25, -0.2) is 0 Å². The summed E-state index contributed by atoms with van der Waals surface area (Å²) >= 11 is 7.86. The van der Waals surface area contributed by atoms with Crippen LogP contribution in [0.2, 0.25) is 0 Å². The largest absolute Gasteiger partial charge is 0.306 e. The molecule has 0 N–H and O–H groups in total. The lowest BCUT2D eigenvalue weighted by atomic mass is 10.6. The molecule has 0 aromatic rings. The minimum Gasteiger partial charge on any atom is -0.306 e. The molecular weight excluding hydrogens is 162 g/mol. The molecule has 0 heterocycles. The fourth-order valence-corrected chi connectivity index (χ4v) is 0.670. The number of hydrogen-bond donors (Lipinski definition) is 2. The number of thiol groups is 2. The molecule has 0 atom stereocenters. The first-order chi connectivity index (χ1) is 4.72. The van der Waals surface area contributed by atoms with Crippen LogP contribution in [0.5, 0.6) is 0 Å². The summed E-state index contributed by atoms with van der Waals surface area (Å²) in [5.74, 6) is 1.91. The summed E-state index contributed by atoms with van der Waals surface area (Å²) in [5.41, 5.74) is 0. The Hall–Kier alpha value is 0.660. The van der Waals surface area contributed by atoms with E-state index in [2.05, 4.69) is 44.1 Å². The van der Waals surface area contributed by atoms with Gasteiger partial charge in [0, 0.05) is 12.3 Å². The third-order valence-electron chi connectivity index (χ3n) is 1.02. The molecule has 0 unspecified atom stereocenters. The Balaban J connectivity index is 0. The van der Waals surface area contributed by atoms with Crippen LogP contribution >= 0.6 is 25.3 Å². The number of nitrogens with zero attached hydrogens (tertiary/aromatic N) is 1. The smallest absolute Gasteiger partial charge is 0.00667 e. The van der Waals surface area contributed by atoms with Gasteiger partial charge in [-0.3, -0.25) is 0 Å². The molecule has 3 heteroatoms. The molecule has 0 spiro atoms. The summed E-state index contributed by atoms with van der Waals surface area (Å²) in [6.45, 7) is 6.35. The van der Waals surface area contributed by atoms with Gasteiger partial charge in [-0.05, 0) is 19.3 Å². The van der Waals surface area contributed by atoms with Crippen molar-refractivity contribution in [3.05, 3.63) is 0 Å². The Labute approximate surface area is 76.0 Å². The van der Waals surface area contributed by atoms with Crippen LogP contribution < -0.4 is 0 Å². The van der Waals surface area contributed by atoms with E-state index in [1.165, 1.54) is 0 Å². The molecule has 0 aromatic heterocycles. The van der Waals surface area contributed by atoms with E-state index >= 15 is 0 Å². The lowest BCUT2D eigenvalue weighted by Crippen LogP contribution is -2.19. The van der Waals surface area contributed by atoms with E-state index in [4.69, 9.17) is 0 Å². The van der Waals surface area contributed by atoms with E-state index in [9.17, 15) is 0 Å². The van der Waals surface area contributed by atoms with Gasteiger partial charge in [0.1, 0.15) is 0 Å². The zero-order chi connectivity index (χ0) is 8.41. The monoisotopic (exact) mass is 181 g/mol. The summed E-state index contributed by atoms with van der Waals surface area (Å²) < 4.78 is 0. The Bertz CT molecular complexity index is 50.9. The molecule has 0 rings (SSSR count). The molecule has 0 radical (unpaired) electrons. The first-order valence-corrected chi connectivity index (χ1v) is 4.89. The maximum Gasteiger partial charge on any atom is 0.00667 e. The van der Waals surface area contributed by atoms with Crippen LogP contribution in [0.3, 0.4) is 0 Å². The minimum atomic E-state index is 0.944. The van der Waals surface area contributed by atoms with Crippen LogP contribution in [0.1, 0.15) is 13.8 Å². The molecule has 1 nitrogen and oxygen atoms in total. The van der Waals surface area contributed by atoms with E-state index in [0.717, 1.165) is 24.6 Å². The van der Waals surface area contributed by atoms with Crippen molar-refractivity contribution in [3.8, 4) is 0 Å². The van der Waals surface area contributed by atoms with Gasteiger partial charge in [-0.1, -0.05) is 13.8 Å². The van der Waals surface area contributed by atoms with Crippen LogP contribution in [0, 0.1) is 0 Å². The second-order valence-corrected chi connectivity index (χ2v) is 3.02.